The van der Waals surface area contributed by atoms with Gasteiger partial charge in [-0.05, 0) is 30.7 Å². The molecular weight excluding hydrogens is 231 g/mol. The lowest BCUT2D eigenvalue weighted by Crippen LogP contribution is -2.26. The molecule has 1 aromatic rings. The van der Waals surface area contributed by atoms with Gasteiger partial charge in [0.1, 0.15) is 5.82 Å². The maximum atomic E-state index is 13.6. The summed E-state index contributed by atoms with van der Waals surface area (Å²) in [5, 5.41) is 0.322. The number of halogens is 2. The molecule has 1 heterocycles. The van der Waals surface area contributed by atoms with E-state index < -0.39 is 5.82 Å². The largest absolute Gasteiger partial charge is 0.330 e. The van der Waals surface area contributed by atoms with Crippen LogP contribution in [0.5, 0.6) is 0 Å². The molecule has 1 aromatic carbocycles. The average Bonchev–Trinajstić information content (AvgIpc) is 2.60. The topological polar surface area (TPSA) is 46.3 Å². The van der Waals surface area contributed by atoms with E-state index in [9.17, 15) is 9.18 Å². The number of carbonyl (C=O) groups is 1. The lowest BCUT2D eigenvalue weighted by Gasteiger charge is -2.17. The number of nitrogens with two attached hydrogens (primary N) is 1. The molecule has 0 aliphatic carbocycles. The molecule has 1 unspecified atom stereocenters. The first-order chi connectivity index (χ1) is 7.61. The zero-order chi connectivity index (χ0) is 11.7. The molecule has 0 spiro atoms. The Morgan fingerprint density at radius 3 is 2.88 bits per heavy atom. The van der Waals surface area contributed by atoms with Gasteiger partial charge < -0.3 is 10.6 Å². The van der Waals surface area contributed by atoms with Crippen LogP contribution in [-0.2, 0) is 4.79 Å². The molecule has 86 valence electrons. The van der Waals surface area contributed by atoms with E-state index in [1.807, 2.05) is 0 Å². The van der Waals surface area contributed by atoms with E-state index in [1.54, 1.807) is 6.07 Å². The highest BCUT2D eigenvalue weighted by molar-refractivity contribution is 6.30. The van der Waals surface area contributed by atoms with Gasteiger partial charge in [-0.2, -0.15) is 0 Å². The summed E-state index contributed by atoms with van der Waals surface area (Å²) in [6.07, 6.45) is 0.387. The van der Waals surface area contributed by atoms with Crippen molar-refractivity contribution in [2.24, 2.45) is 11.7 Å². The quantitative estimate of drug-likeness (QED) is 0.860. The second kappa shape index (κ2) is 4.39. The van der Waals surface area contributed by atoms with Crippen LogP contribution in [0, 0.1) is 11.7 Å². The van der Waals surface area contributed by atoms with Gasteiger partial charge in [-0.1, -0.05) is 11.6 Å². The van der Waals surface area contributed by atoms with Crippen molar-refractivity contribution >= 4 is 23.2 Å². The first kappa shape index (κ1) is 11.4. The van der Waals surface area contributed by atoms with Crippen LogP contribution in [0.3, 0.4) is 0 Å². The summed E-state index contributed by atoms with van der Waals surface area (Å²) in [6.45, 7) is 0.922. The minimum Gasteiger partial charge on any atom is -0.330 e. The minimum absolute atomic E-state index is 0.0864. The lowest BCUT2D eigenvalue weighted by molar-refractivity contribution is -0.117. The van der Waals surface area contributed by atoms with E-state index in [2.05, 4.69) is 0 Å². The summed E-state index contributed by atoms with van der Waals surface area (Å²) < 4.78 is 13.6. The monoisotopic (exact) mass is 242 g/mol. The van der Waals surface area contributed by atoms with Crippen molar-refractivity contribution in [1.82, 2.24) is 0 Å². The maximum Gasteiger partial charge on any atom is 0.227 e. The van der Waals surface area contributed by atoms with Crippen molar-refractivity contribution in [2.45, 2.75) is 6.42 Å². The number of amides is 1. The highest BCUT2D eigenvalue weighted by Gasteiger charge is 2.31. The van der Waals surface area contributed by atoms with Crippen LogP contribution in [0.4, 0.5) is 10.1 Å². The normalized spacial score (nSPS) is 20.6. The number of benzene rings is 1. The van der Waals surface area contributed by atoms with Crippen LogP contribution >= 0.6 is 11.6 Å². The van der Waals surface area contributed by atoms with Crippen molar-refractivity contribution in [3.63, 3.8) is 0 Å². The second-order valence-corrected chi connectivity index (χ2v) is 4.34. The van der Waals surface area contributed by atoms with Gasteiger partial charge in [0, 0.05) is 18.0 Å². The molecular formula is C11H12ClFN2O. The summed E-state index contributed by atoms with van der Waals surface area (Å²) >= 11 is 5.65. The van der Waals surface area contributed by atoms with Gasteiger partial charge >= 0.3 is 0 Å². The lowest BCUT2D eigenvalue weighted by atomic mass is 10.1. The van der Waals surface area contributed by atoms with E-state index in [4.69, 9.17) is 17.3 Å². The van der Waals surface area contributed by atoms with E-state index in [0.717, 1.165) is 0 Å². The first-order valence-corrected chi connectivity index (χ1v) is 5.45. The molecule has 0 saturated carbocycles. The highest BCUT2D eigenvalue weighted by atomic mass is 35.5. The summed E-state index contributed by atoms with van der Waals surface area (Å²) in [5.74, 6) is -0.447. The van der Waals surface area contributed by atoms with Gasteiger partial charge in [0.15, 0.2) is 0 Å². The number of nitrogens with zero attached hydrogens (tertiary/aromatic N) is 1. The highest BCUT2D eigenvalue weighted by Crippen LogP contribution is 2.28. The van der Waals surface area contributed by atoms with Crippen LogP contribution in [0.15, 0.2) is 18.2 Å². The number of hydrogen-bond donors (Lipinski definition) is 1. The van der Waals surface area contributed by atoms with E-state index in [1.165, 1.54) is 17.0 Å². The Bertz CT molecular complexity index is 424. The molecule has 1 aliphatic rings. The van der Waals surface area contributed by atoms with Gasteiger partial charge in [-0.25, -0.2) is 4.39 Å². The van der Waals surface area contributed by atoms with Crippen molar-refractivity contribution in [2.75, 3.05) is 18.0 Å². The fourth-order valence-corrected chi connectivity index (χ4v) is 2.03. The van der Waals surface area contributed by atoms with Crippen molar-refractivity contribution < 1.29 is 9.18 Å². The summed E-state index contributed by atoms with van der Waals surface area (Å²) in [6, 6.07) is 4.30. The molecule has 0 bridgehead atoms. The van der Waals surface area contributed by atoms with E-state index in [-0.39, 0.29) is 17.5 Å². The number of carbonyl (C=O) groups excluding carboxylic acids is 1. The van der Waals surface area contributed by atoms with Gasteiger partial charge in [-0.3, -0.25) is 4.79 Å². The van der Waals surface area contributed by atoms with Gasteiger partial charge in [-0.15, -0.1) is 0 Å². The smallest absolute Gasteiger partial charge is 0.227 e. The molecule has 16 heavy (non-hydrogen) atoms. The van der Waals surface area contributed by atoms with Crippen LogP contribution in [0.1, 0.15) is 6.42 Å². The fourth-order valence-electron chi connectivity index (χ4n) is 1.87. The van der Waals surface area contributed by atoms with E-state index >= 15 is 0 Å². The molecule has 1 amide bonds. The Kier molecular flexibility index (Phi) is 3.12. The molecule has 0 radical (unpaired) electrons. The second-order valence-electron chi connectivity index (χ2n) is 3.91. The maximum absolute atomic E-state index is 13.6. The SMILES string of the molecule is NCC1CC(=O)N(c2ccc(Cl)cc2F)C1. The molecule has 1 atom stereocenters. The first-order valence-electron chi connectivity index (χ1n) is 5.07. The Morgan fingerprint density at radius 2 is 2.31 bits per heavy atom. The van der Waals surface area contributed by atoms with E-state index in [0.29, 0.717) is 24.5 Å². The molecule has 2 N–H and O–H groups in total. The summed E-state index contributed by atoms with van der Waals surface area (Å²) in [5.41, 5.74) is 5.79. The molecule has 2 rings (SSSR count). The molecule has 5 heteroatoms. The summed E-state index contributed by atoms with van der Waals surface area (Å²) in [7, 11) is 0. The molecule has 1 fully saturated rings. The van der Waals surface area contributed by atoms with Crippen molar-refractivity contribution in [3.8, 4) is 0 Å². The molecule has 0 aromatic heterocycles. The Labute approximate surface area is 98.0 Å². The molecule has 3 nitrogen and oxygen atoms in total. The zero-order valence-electron chi connectivity index (χ0n) is 8.62. The number of hydrogen-bond acceptors (Lipinski definition) is 2. The number of rotatable bonds is 2. The standard InChI is InChI=1S/C11H12ClFN2O/c12-8-1-2-10(9(13)4-8)15-6-7(5-14)3-11(15)16/h1-2,4,7H,3,5-6,14H2. The van der Waals surface area contributed by atoms with Crippen LogP contribution in [-0.4, -0.2) is 19.0 Å². The third-order valence-corrected chi connectivity index (χ3v) is 2.97. The van der Waals surface area contributed by atoms with Crippen molar-refractivity contribution in [1.29, 1.82) is 0 Å². The number of anilines is 1. The van der Waals surface area contributed by atoms with Crippen molar-refractivity contribution in [3.05, 3.63) is 29.0 Å². The van der Waals surface area contributed by atoms with Gasteiger partial charge in [0.05, 0.1) is 5.69 Å². The van der Waals surface area contributed by atoms with Gasteiger partial charge in [0.25, 0.3) is 0 Å². The molecule has 1 aliphatic heterocycles. The predicted molar refractivity (Wildman–Crippen MR) is 60.9 cm³/mol. The van der Waals surface area contributed by atoms with Crippen LogP contribution < -0.4 is 10.6 Å². The Morgan fingerprint density at radius 1 is 1.56 bits per heavy atom. The average molecular weight is 243 g/mol. The van der Waals surface area contributed by atoms with Crippen LogP contribution in [0.2, 0.25) is 5.02 Å². The van der Waals surface area contributed by atoms with Crippen LogP contribution in [0.25, 0.3) is 0 Å². The predicted octanol–water partition coefficient (Wildman–Crippen LogP) is 1.79. The molecule has 1 saturated heterocycles. The summed E-state index contributed by atoms with van der Waals surface area (Å²) in [4.78, 5) is 13.1. The third kappa shape index (κ3) is 2.03. The Hall–Kier alpha value is -1.13. The fraction of sp³-hybridized carbons (Fsp3) is 0.364. The van der Waals surface area contributed by atoms with Gasteiger partial charge in [0.2, 0.25) is 5.91 Å². The zero-order valence-corrected chi connectivity index (χ0v) is 9.38. The third-order valence-electron chi connectivity index (χ3n) is 2.74. The minimum atomic E-state index is -0.474. The Balaban J connectivity index is 2.28.